The van der Waals surface area contributed by atoms with E-state index in [1.807, 2.05) is 38.1 Å². The third-order valence-corrected chi connectivity index (χ3v) is 3.84. The Morgan fingerprint density at radius 3 is 2.65 bits per heavy atom. The molecule has 1 aromatic heterocycles. The third kappa shape index (κ3) is 4.18. The maximum atomic E-state index is 6.22. The van der Waals surface area contributed by atoms with Gasteiger partial charge in [0.05, 0.1) is 5.01 Å². The van der Waals surface area contributed by atoms with Crippen LogP contribution in [0.5, 0.6) is 5.75 Å². The minimum absolute atomic E-state index is 0.0317. The highest BCUT2D eigenvalue weighted by Gasteiger charge is 2.09. The number of hydrogen-bond donors (Lipinski definition) is 1. The van der Waals surface area contributed by atoms with Crippen LogP contribution in [-0.4, -0.2) is 11.6 Å². The smallest absolute Gasteiger partial charge is 0.119 e. The molecule has 2 N–H and O–H groups in total. The Balaban J connectivity index is 1.96. The van der Waals surface area contributed by atoms with E-state index in [1.165, 1.54) is 0 Å². The average molecular weight is 288 g/mol. The highest BCUT2D eigenvalue weighted by molar-refractivity contribution is 7.09. The summed E-state index contributed by atoms with van der Waals surface area (Å²) in [5.74, 6) is 0.842. The summed E-state index contributed by atoms with van der Waals surface area (Å²) >= 11 is 1.66. The standard InChI is InChI=1S/C16H20N2OS/c1-11(2)9-19-14-6-4-13(5-7-14)15(17)8-16-18-12(3)10-20-16/h4-7,10,15H,1,8-9,17H2,2-3H3. The van der Waals surface area contributed by atoms with Crippen molar-refractivity contribution in [2.24, 2.45) is 5.73 Å². The zero-order chi connectivity index (χ0) is 14.5. The summed E-state index contributed by atoms with van der Waals surface area (Å²) in [5.41, 5.74) is 9.38. The van der Waals surface area contributed by atoms with Crippen LogP contribution in [0.2, 0.25) is 0 Å². The Morgan fingerprint density at radius 2 is 2.10 bits per heavy atom. The molecular formula is C16H20N2OS. The summed E-state index contributed by atoms with van der Waals surface area (Å²) in [6.07, 6.45) is 0.768. The van der Waals surface area contributed by atoms with Crippen LogP contribution in [0.4, 0.5) is 0 Å². The van der Waals surface area contributed by atoms with Crippen LogP contribution in [0.3, 0.4) is 0 Å². The van der Waals surface area contributed by atoms with E-state index < -0.39 is 0 Å². The molecule has 1 aromatic carbocycles. The molecule has 2 rings (SSSR count). The molecule has 3 nitrogen and oxygen atoms in total. The minimum atomic E-state index is -0.0317. The summed E-state index contributed by atoms with van der Waals surface area (Å²) in [6, 6.07) is 7.89. The van der Waals surface area contributed by atoms with Gasteiger partial charge < -0.3 is 10.5 Å². The molecule has 2 aromatic rings. The lowest BCUT2D eigenvalue weighted by atomic mass is 10.1. The summed E-state index contributed by atoms with van der Waals surface area (Å²) < 4.78 is 5.57. The summed E-state index contributed by atoms with van der Waals surface area (Å²) in [7, 11) is 0. The Hall–Kier alpha value is -1.65. The molecule has 0 bridgehead atoms. The van der Waals surface area contributed by atoms with Crippen molar-refractivity contribution >= 4 is 11.3 Å². The summed E-state index contributed by atoms with van der Waals surface area (Å²) in [5, 5.41) is 3.13. The van der Waals surface area contributed by atoms with Gasteiger partial charge in [-0.25, -0.2) is 4.98 Å². The Labute approximate surface area is 124 Å². The first-order valence-corrected chi connectivity index (χ1v) is 7.46. The fourth-order valence-electron chi connectivity index (χ4n) is 1.82. The molecular weight excluding hydrogens is 268 g/mol. The van der Waals surface area contributed by atoms with Crippen molar-refractivity contribution in [2.45, 2.75) is 26.3 Å². The zero-order valence-electron chi connectivity index (χ0n) is 11.9. The summed E-state index contributed by atoms with van der Waals surface area (Å²) in [6.45, 7) is 8.30. The molecule has 0 amide bonds. The Kier molecular flexibility index (Phi) is 4.93. The number of nitrogens with zero attached hydrogens (tertiary/aromatic N) is 1. The minimum Gasteiger partial charge on any atom is -0.489 e. The second-order valence-electron chi connectivity index (χ2n) is 5.01. The van der Waals surface area contributed by atoms with Crippen LogP contribution in [-0.2, 0) is 6.42 Å². The summed E-state index contributed by atoms with van der Waals surface area (Å²) in [4.78, 5) is 4.45. The van der Waals surface area contributed by atoms with Gasteiger partial charge >= 0.3 is 0 Å². The van der Waals surface area contributed by atoms with Gasteiger partial charge in [0.15, 0.2) is 0 Å². The van der Waals surface area contributed by atoms with Crippen LogP contribution in [0, 0.1) is 6.92 Å². The molecule has 0 aliphatic heterocycles. The molecule has 0 aliphatic carbocycles. The number of benzene rings is 1. The van der Waals surface area contributed by atoms with Crippen molar-refractivity contribution < 1.29 is 4.74 Å². The Morgan fingerprint density at radius 1 is 1.40 bits per heavy atom. The van der Waals surface area contributed by atoms with Crippen LogP contribution < -0.4 is 10.5 Å². The van der Waals surface area contributed by atoms with Crippen molar-refractivity contribution in [3.63, 3.8) is 0 Å². The lowest BCUT2D eigenvalue weighted by Gasteiger charge is -2.12. The van der Waals surface area contributed by atoms with Crippen molar-refractivity contribution in [2.75, 3.05) is 6.61 Å². The fraction of sp³-hybridized carbons (Fsp3) is 0.312. The molecule has 1 atom stereocenters. The van der Waals surface area contributed by atoms with E-state index in [0.717, 1.165) is 34.0 Å². The fourth-order valence-corrected chi connectivity index (χ4v) is 2.65. The molecule has 1 unspecified atom stereocenters. The normalized spacial score (nSPS) is 12.2. The maximum absolute atomic E-state index is 6.22. The van der Waals surface area contributed by atoms with Gasteiger partial charge in [-0.3, -0.25) is 0 Å². The van der Waals surface area contributed by atoms with Gasteiger partial charge in [0.1, 0.15) is 12.4 Å². The lowest BCUT2D eigenvalue weighted by Crippen LogP contribution is -2.13. The van der Waals surface area contributed by atoms with Gasteiger partial charge in [-0.05, 0) is 37.1 Å². The van der Waals surface area contributed by atoms with Crippen molar-refractivity contribution in [1.82, 2.24) is 4.98 Å². The van der Waals surface area contributed by atoms with Gasteiger partial charge in [0.2, 0.25) is 0 Å². The van der Waals surface area contributed by atoms with Crippen molar-refractivity contribution in [1.29, 1.82) is 0 Å². The molecule has 0 spiro atoms. The quantitative estimate of drug-likeness (QED) is 0.825. The highest BCUT2D eigenvalue weighted by atomic mass is 32.1. The van der Waals surface area contributed by atoms with Gasteiger partial charge in [0, 0.05) is 23.5 Å². The first kappa shape index (κ1) is 14.8. The number of thiazole rings is 1. The van der Waals surface area contributed by atoms with E-state index in [2.05, 4.69) is 16.9 Å². The molecule has 106 valence electrons. The third-order valence-electron chi connectivity index (χ3n) is 2.85. The van der Waals surface area contributed by atoms with E-state index in [0.29, 0.717) is 6.61 Å². The first-order valence-electron chi connectivity index (χ1n) is 6.58. The molecule has 4 heteroatoms. The van der Waals surface area contributed by atoms with E-state index >= 15 is 0 Å². The van der Waals surface area contributed by atoms with E-state index in [4.69, 9.17) is 10.5 Å². The zero-order valence-corrected chi connectivity index (χ0v) is 12.7. The molecule has 0 fully saturated rings. The Bertz CT molecular complexity index is 574. The van der Waals surface area contributed by atoms with Crippen molar-refractivity contribution in [3.05, 3.63) is 58.1 Å². The van der Waals surface area contributed by atoms with Crippen LogP contribution in [0.1, 0.15) is 29.2 Å². The van der Waals surface area contributed by atoms with Gasteiger partial charge in [0.25, 0.3) is 0 Å². The lowest BCUT2D eigenvalue weighted by molar-refractivity contribution is 0.352. The van der Waals surface area contributed by atoms with Crippen LogP contribution in [0.25, 0.3) is 0 Å². The number of ether oxygens (including phenoxy) is 1. The predicted octanol–water partition coefficient (Wildman–Crippen LogP) is 3.65. The van der Waals surface area contributed by atoms with Gasteiger partial charge in [-0.15, -0.1) is 11.3 Å². The highest BCUT2D eigenvalue weighted by Crippen LogP contribution is 2.21. The van der Waals surface area contributed by atoms with Gasteiger partial charge in [-0.2, -0.15) is 0 Å². The van der Waals surface area contributed by atoms with Crippen LogP contribution in [0.15, 0.2) is 41.8 Å². The number of hydrogen-bond acceptors (Lipinski definition) is 4. The molecule has 0 aliphatic rings. The van der Waals surface area contributed by atoms with Crippen molar-refractivity contribution in [3.8, 4) is 5.75 Å². The number of aryl methyl sites for hydroxylation is 1. The predicted molar refractivity (Wildman–Crippen MR) is 84.2 cm³/mol. The second-order valence-corrected chi connectivity index (χ2v) is 5.95. The molecule has 0 saturated carbocycles. The maximum Gasteiger partial charge on any atom is 0.119 e. The number of aromatic nitrogens is 1. The number of rotatable bonds is 6. The SMILES string of the molecule is C=C(C)COc1ccc(C(N)Cc2nc(C)cs2)cc1. The topological polar surface area (TPSA) is 48.1 Å². The molecule has 0 saturated heterocycles. The van der Waals surface area contributed by atoms with E-state index in [1.54, 1.807) is 11.3 Å². The molecule has 20 heavy (non-hydrogen) atoms. The van der Waals surface area contributed by atoms with Gasteiger partial charge in [-0.1, -0.05) is 18.7 Å². The monoisotopic (exact) mass is 288 g/mol. The average Bonchev–Trinajstić information content (AvgIpc) is 2.82. The molecule has 0 radical (unpaired) electrons. The number of nitrogens with two attached hydrogens (primary N) is 1. The first-order chi connectivity index (χ1) is 9.54. The van der Waals surface area contributed by atoms with Crippen LogP contribution >= 0.6 is 11.3 Å². The van der Waals surface area contributed by atoms with E-state index in [-0.39, 0.29) is 6.04 Å². The second kappa shape index (κ2) is 6.68. The largest absolute Gasteiger partial charge is 0.489 e. The van der Waals surface area contributed by atoms with E-state index in [9.17, 15) is 0 Å². The molecule has 1 heterocycles.